The van der Waals surface area contributed by atoms with Crippen molar-refractivity contribution in [2.75, 3.05) is 18.5 Å². The summed E-state index contributed by atoms with van der Waals surface area (Å²) in [6.45, 7) is 8.32. The van der Waals surface area contributed by atoms with Crippen molar-refractivity contribution in [3.63, 3.8) is 0 Å². The van der Waals surface area contributed by atoms with E-state index in [9.17, 15) is 4.79 Å². The Labute approximate surface area is 149 Å². The van der Waals surface area contributed by atoms with Crippen LogP contribution in [0.1, 0.15) is 31.7 Å². The summed E-state index contributed by atoms with van der Waals surface area (Å²) < 4.78 is 11.1. The van der Waals surface area contributed by atoms with E-state index in [4.69, 9.17) is 9.47 Å². The fourth-order valence-corrected chi connectivity index (χ4v) is 2.37. The van der Waals surface area contributed by atoms with Crippen molar-refractivity contribution >= 4 is 11.6 Å². The van der Waals surface area contributed by atoms with Crippen LogP contribution >= 0.6 is 0 Å². The second-order valence-electron chi connectivity index (χ2n) is 5.81. The van der Waals surface area contributed by atoms with Crippen LogP contribution in [0.5, 0.6) is 11.5 Å². The first-order valence-electron chi connectivity index (χ1n) is 8.49. The smallest absolute Gasteiger partial charge is 0.262 e. The van der Waals surface area contributed by atoms with Crippen LogP contribution < -0.4 is 14.8 Å². The van der Waals surface area contributed by atoms with Crippen LogP contribution in [-0.4, -0.2) is 19.1 Å². The molecule has 4 nitrogen and oxygen atoms in total. The third-order valence-corrected chi connectivity index (χ3v) is 3.93. The number of hydrogen-bond acceptors (Lipinski definition) is 3. The lowest BCUT2D eigenvalue weighted by atomic mass is 9.98. The van der Waals surface area contributed by atoms with Gasteiger partial charge in [0.2, 0.25) is 0 Å². The Kier molecular flexibility index (Phi) is 7.08. The molecule has 0 bridgehead atoms. The number of nitrogens with one attached hydrogen (secondary N) is 1. The van der Waals surface area contributed by atoms with Gasteiger partial charge < -0.3 is 14.8 Å². The quantitative estimate of drug-likeness (QED) is 0.669. The van der Waals surface area contributed by atoms with E-state index in [1.165, 1.54) is 0 Å². The molecule has 0 aliphatic rings. The van der Waals surface area contributed by atoms with Gasteiger partial charge in [0.1, 0.15) is 18.1 Å². The maximum Gasteiger partial charge on any atom is 0.262 e. The van der Waals surface area contributed by atoms with Gasteiger partial charge in [0, 0.05) is 5.69 Å². The van der Waals surface area contributed by atoms with Gasteiger partial charge in [-0.1, -0.05) is 44.7 Å². The Hall–Kier alpha value is -2.75. The average Bonchev–Trinajstić information content (AvgIpc) is 2.65. The lowest BCUT2D eigenvalue weighted by Gasteiger charge is -2.15. The number of amides is 1. The molecule has 0 aromatic heterocycles. The molecule has 2 aromatic rings. The first-order chi connectivity index (χ1) is 12.1. The van der Waals surface area contributed by atoms with E-state index in [-0.39, 0.29) is 12.5 Å². The second-order valence-corrected chi connectivity index (χ2v) is 5.81. The fourth-order valence-electron chi connectivity index (χ4n) is 2.37. The number of hydrogen-bond donors (Lipinski definition) is 1. The van der Waals surface area contributed by atoms with E-state index < -0.39 is 0 Å². The van der Waals surface area contributed by atoms with Gasteiger partial charge in [-0.2, -0.15) is 0 Å². The van der Waals surface area contributed by atoms with E-state index in [0.29, 0.717) is 18.2 Å². The van der Waals surface area contributed by atoms with Crippen LogP contribution in [0.25, 0.3) is 0 Å². The predicted molar refractivity (Wildman–Crippen MR) is 101 cm³/mol. The minimum atomic E-state index is -0.196. The minimum absolute atomic E-state index is 0.0256. The predicted octanol–water partition coefficient (Wildman–Crippen LogP) is 4.78. The van der Waals surface area contributed by atoms with Crippen molar-refractivity contribution in [3.8, 4) is 11.5 Å². The Balaban J connectivity index is 1.90. The first kappa shape index (κ1) is 18.6. The molecule has 2 rings (SSSR count). The van der Waals surface area contributed by atoms with Crippen molar-refractivity contribution < 1.29 is 14.3 Å². The number of rotatable bonds is 9. The van der Waals surface area contributed by atoms with E-state index in [2.05, 4.69) is 25.7 Å². The van der Waals surface area contributed by atoms with E-state index in [1.807, 2.05) is 24.3 Å². The zero-order valence-corrected chi connectivity index (χ0v) is 14.8. The van der Waals surface area contributed by atoms with Crippen LogP contribution in [-0.2, 0) is 4.79 Å². The largest absolute Gasteiger partial charge is 0.490 e. The summed E-state index contributed by atoms with van der Waals surface area (Å²) in [6, 6.07) is 15.1. The number of benzene rings is 2. The third-order valence-electron chi connectivity index (χ3n) is 3.93. The molecule has 2 aromatic carbocycles. The lowest BCUT2D eigenvalue weighted by molar-refractivity contribution is -0.118. The van der Waals surface area contributed by atoms with E-state index in [1.54, 1.807) is 30.3 Å². The number of ether oxygens (including phenoxy) is 2. The molecule has 1 atom stereocenters. The summed E-state index contributed by atoms with van der Waals surface area (Å²) in [5, 5.41) is 2.82. The number of para-hydroxylation sites is 1. The van der Waals surface area contributed by atoms with Crippen molar-refractivity contribution in [3.05, 3.63) is 66.7 Å². The summed E-state index contributed by atoms with van der Waals surface area (Å²) >= 11 is 0. The van der Waals surface area contributed by atoms with Crippen LogP contribution in [0, 0.1) is 0 Å². The van der Waals surface area contributed by atoms with E-state index in [0.717, 1.165) is 23.5 Å². The van der Waals surface area contributed by atoms with Gasteiger partial charge >= 0.3 is 0 Å². The zero-order chi connectivity index (χ0) is 18.1. The molecule has 4 heteroatoms. The molecule has 0 aliphatic heterocycles. The molecule has 0 aliphatic carbocycles. The third kappa shape index (κ3) is 5.68. The lowest BCUT2D eigenvalue weighted by Crippen LogP contribution is -2.20. The highest BCUT2D eigenvalue weighted by Gasteiger charge is 2.11. The fraction of sp³-hybridized carbons (Fsp3) is 0.286. The molecule has 0 saturated heterocycles. The average molecular weight is 339 g/mol. The van der Waals surface area contributed by atoms with Gasteiger partial charge in [-0.3, -0.25) is 4.79 Å². The van der Waals surface area contributed by atoms with Crippen LogP contribution in [0.3, 0.4) is 0 Å². The molecule has 0 radical (unpaired) electrons. The SMILES string of the molecule is C=CCOc1ccc(NC(=O)COc2ccccc2C(C)CC)cc1. The van der Waals surface area contributed by atoms with Crippen LogP contribution in [0.4, 0.5) is 5.69 Å². The Bertz CT molecular complexity index is 695. The molecule has 25 heavy (non-hydrogen) atoms. The molecular formula is C21H25NO3. The molecule has 0 saturated carbocycles. The van der Waals surface area contributed by atoms with Crippen molar-refractivity contribution in [2.24, 2.45) is 0 Å². The summed E-state index contributed by atoms with van der Waals surface area (Å²) in [6.07, 6.45) is 2.71. The van der Waals surface area contributed by atoms with Gasteiger partial charge in [-0.15, -0.1) is 0 Å². The van der Waals surface area contributed by atoms with Crippen LogP contribution in [0.2, 0.25) is 0 Å². The van der Waals surface area contributed by atoms with Gasteiger partial charge in [0.05, 0.1) is 0 Å². The summed E-state index contributed by atoms with van der Waals surface area (Å²) in [5.41, 5.74) is 1.83. The molecule has 1 N–H and O–H groups in total. The van der Waals surface area contributed by atoms with Crippen molar-refractivity contribution in [1.82, 2.24) is 0 Å². The Morgan fingerprint density at radius 2 is 1.88 bits per heavy atom. The molecular weight excluding hydrogens is 314 g/mol. The summed E-state index contributed by atoms with van der Waals surface area (Å²) in [5.74, 6) is 1.69. The normalized spacial score (nSPS) is 11.4. The molecule has 0 spiro atoms. The summed E-state index contributed by atoms with van der Waals surface area (Å²) in [7, 11) is 0. The highest BCUT2D eigenvalue weighted by atomic mass is 16.5. The molecule has 1 unspecified atom stereocenters. The van der Waals surface area contributed by atoms with Gasteiger partial charge in [-0.05, 0) is 48.2 Å². The van der Waals surface area contributed by atoms with E-state index >= 15 is 0 Å². The summed E-state index contributed by atoms with van der Waals surface area (Å²) in [4.78, 5) is 12.1. The Morgan fingerprint density at radius 1 is 1.16 bits per heavy atom. The highest BCUT2D eigenvalue weighted by Crippen LogP contribution is 2.28. The number of anilines is 1. The van der Waals surface area contributed by atoms with Gasteiger partial charge in [0.15, 0.2) is 6.61 Å². The number of carbonyl (C=O) groups is 1. The van der Waals surface area contributed by atoms with Crippen molar-refractivity contribution in [1.29, 1.82) is 0 Å². The zero-order valence-electron chi connectivity index (χ0n) is 14.8. The first-order valence-corrected chi connectivity index (χ1v) is 8.49. The molecule has 0 heterocycles. The maximum absolute atomic E-state index is 12.1. The standard InChI is InChI=1S/C21H25NO3/c1-4-14-24-18-12-10-17(11-13-18)22-21(23)15-25-20-9-7-6-8-19(20)16(3)5-2/h4,6-13,16H,1,5,14-15H2,2-3H3,(H,22,23). The van der Waals surface area contributed by atoms with Crippen LogP contribution in [0.15, 0.2) is 61.2 Å². The molecule has 1 amide bonds. The monoisotopic (exact) mass is 339 g/mol. The number of carbonyl (C=O) groups excluding carboxylic acids is 1. The van der Waals surface area contributed by atoms with Crippen molar-refractivity contribution in [2.45, 2.75) is 26.2 Å². The van der Waals surface area contributed by atoms with Gasteiger partial charge in [0.25, 0.3) is 5.91 Å². The molecule has 0 fully saturated rings. The Morgan fingerprint density at radius 3 is 2.56 bits per heavy atom. The molecule has 132 valence electrons. The topological polar surface area (TPSA) is 47.6 Å². The highest BCUT2D eigenvalue weighted by molar-refractivity contribution is 5.91. The second kappa shape index (κ2) is 9.52. The maximum atomic E-state index is 12.1. The van der Waals surface area contributed by atoms with Gasteiger partial charge in [-0.25, -0.2) is 0 Å². The minimum Gasteiger partial charge on any atom is -0.490 e.